The Morgan fingerprint density at radius 2 is 2.29 bits per heavy atom. The fourth-order valence-electron chi connectivity index (χ4n) is 4.34. The van der Waals surface area contributed by atoms with Gasteiger partial charge in [-0.15, -0.1) is 0 Å². The van der Waals surface area contributed by atoms with Crippen molar-refractivity contribution < 1.29 is 9.78 Å². The summed E-state index contributed by atoms with van der Waals surface area (Å²) in [4.78, 5) is 15.9. The van der Waals surface area contributed by atoms with E-state index in [4.69, 9.17) is 9.78 Å². The van der Waals surface area contributed by atoms with Crippen molar-refractivity contribution in [3.05, 3.63) is 35.5 Å². The van der Waals surface area contributed by atoms with E-state index in [1.54, 1.807) is 7.11 Å². The Labute approximate surface area is 125 Å². The SMILES string of the molecule is COOC[C@@H]1CC2c3cccc4[nH]cc(c34)C[C@H]2N(C)C1. The number of likely N-dealkylation sites (tertiary alicyclic amines) is 1. The Morgan fingerprint density at radius 3 is 3.14 bits per heavy atom. The highest BCUT2D eigenvalue weighted by Crippen LogP contribution is 2.44. The van der Waals surface area contributed by atoms with Crippen molar-refractivity contribution in [2.24, 2.45) is 5.92 Å². The Bertz CT molecular complexity index is 651. The zero-order valence-corrected chi connectivity index (χ0v) is 12.6. The lowest BCUT2D eigenvalue weighted by molar-refractivity contribution is -0.282. The molecule has 1 N–H and O–H groups in total. The maximum Gasteiger partial charge on any atom is 0.0862 e. The highest BCUT2D eigenvalue weighted by molar-refractivity contribution is 5.88. The predicted molar refractivity (Wildman–Crippen MR) is 82.2 cm³/mol. The normalized spacial score (nSPS) is 28.8. The van der Waals surface area contributed by atoms with E-state index in [0.29, 0.717) is 24.5 Å². The van der Waals surface area contributed by atoms with Crippen molar-refractivity contribution in [2.75, 3.05) is 27.3 Å². The number of hydrogen-bond acceptors (Lipinski definition) is 3. The average molecular weight is 286 g/mol. The van der Waals surface area contributed by atoms with Gasteiger partial charge in [0.05, 0.1) is 13.7 Å². The molecule has 1 saturated heterocycles. The number of benzene rings is 1. The molecule has 4 rings (SSSR count). The third kappa shape index (κ3) is 2.09. The first-order valence-corrected chi connectivity index (χ1v) is 7.72. The minimum atomic E-state index is 0.534. The Morgan fingerprint density at radius 1 is 1.38 bits per heavy atom. The van der Waals surface area contributed by atoms with Gasteiger partial charge in [-0.3, -0.25) is 0 Å². The molecule has 1 aliphatic heterocycles. The summed E-state index contributed by atoms with van der Waals surface area (Å²) < 4.78 is 0. The maximum atomic E-state index is 5.20. The number of likely N-dealkylation sites (N-methyl/N-ethyl adjacent to an activating group) is 1. The average Bonchev–Trinajstić information content (AvgIpc) is 2.91. The number of hydrogen-bond donors (Lipinski definition) is 1. The van der Waals surface area contributed by atoms with Crippen LogP contribution < -0.4 is 0 Å². The molecule has 4 nitrogen and oxygen atoms in total. The number of H-pyrrole nitrogens is 1. The van der Waals surface area contributed by atoms with Crippen LogP contribution in [0.3, 0.4) is 0 Å². The quantitative estimate of drug-likeness (QED) is 0.696. The molecule has 0 bridgehead atoms. The van der Waals surface area contributed by atoms with E-state index in [9.17, 15) is 0 Å². The molecule has 0 spiro atoms. The van der Waals surface area contributed by atoms with Gasteiger partial charge in [0.1, 0.15) is 0 Å². The summed E-state index contributed by atoms with van der Waals surface area (Å²) in [6.07, 6.45) is 4.52. The van der Waals surface area contributed by atoms with Gasteiger partial charge in [-0.05, 0) is 43.0 Å². The molecule has 21 heavy (non-hydrogen) atoms. The minimum absolute atomic E-state index is 0.534. The number of rotatable bonds is 3. The molecule has 1 aromatic heterocycles. The molecule has 1 fully saturated rings. The standard InChI is InChI=1S/C17H22N2O2/c1-19-9-11(10-21-20-2)6-14-13-4-3-5-15-17(13)12(8-18-15)7-16(14)19/h3-5,8,11,14,16,18H,6-7,9-10H2,1-2H3/t11-,14?,16-/m1/s1. The second-order valence-corrected chi connectivity index (χ2v) is 6.45. The topological polar surface area (TPSA) is 37.5 Å². The van der Waals surface area contributed by atoms with Gasteiger partial charge >= 0.3 is 0 Å². The van der Waals surface area contributed by atoms with Gasteiger partial charge in [0.2, 0.25) is 0 Å². The van der Waals surface area contributed by atoms with E-state index in [-0.39, 0.29) is 0 Å². The number of aromatic nitrogens is 1. The summed E-state index contributed by atoms with van der Waals surface area (Å²) in [7, 11) is 3.83. The first-order chi connectivity index (χ1) is 10.3. The van der Waals surface area contributed by atoms with Crippen LogP contribution in [0, 0.1) is 5.92 Å². The molecule has 0 amide bonds. The molecule has 1 unspecified atom stereocenters. The van der Waals surface area contributed by atoms with E-state index in [1.165, 1.54) is 28.5 Å². The van der Waals surface area contributed by atoms with E-state index >= 15 is 0 Å². The maximum absolute atomic E-state index is 5.20. The number of fused-ring (bicyclic) bond motifs is 2. The first kappa shape index (κ1) is 13.3. The number of nitrogens with zero attached hydrogens (tertiary/aromatic N) is 1. The molecule has 2 aliphatic rings. The molecule has 3 atom stereocenters. The molecule has 1 aliphatic carbocycles. The van der Waals surface area contributed by atoms with Crippen LogP contribution in [0.2, 0.25) is 0 Å². The number of nitrogens with one attached hydrogen (secondary N) is 1. The van der Waals surface area contributed by atoms with Crippen LogP contribution in [0.1, 0.15) is 23.5 Å². The lowest BCUT2D eigenvalue weighted by Crippen LogP contribution is -2.48. The first-order valence-electron chi connectivity index (χ1n) is 7.72. The van der Waals surface area contributed by atoms with E-state index in [0.717, 1.165) is 13.0 Å². The van der Waals surface area contributed by atoms with Gasteiger partial charge in [0.25, 0.3) is 0 Å². The zero-order valence-electron chi connectivity index (χ0n) is 12.6. The lowest BCUT2D eigenvalue weighted by atomic mass is 9.72. The third-order valence-corrected chi connectivity index (χ3v) is 5.23. The van der Waals surface area contributed by atoms with Crippen LogP contribution in [0.5, 0.6) is 0 Å². The largest absolute Gasteiger partial charge is 0.361 e. The molecule has 0 radical (unpaired) electrons. The van der Waals surface area contributed by atoms with Crippen LogP contribution in [-0.4, -0.2) is 43.2 Å². The summed E-state index contributed by atoms with van der Waals surface area (Å²) in [6.45, 7) is 1.76. The summed E-state index contributed by atoms with van der Waals surface area (Å²) in [5, 5.41) is 1.46. The Kier molecular flexibility index (Phi) is 3.25. The summed E-state index contributed by atoms with van der Waals surface area (Å²) in [5.74, 6) is 1.13. The lowest BCUT2D eigenvalue weighted by Gasteiger charge is -2.45. The predicted octanol–water partition coefficient (Wildman–Crippen LogP) is 2.71. The van der Waals surface area contributed by atoms with Crippen molar-refractivity contribution in [1.82, 2.24) is 9.88 Å². The van der Waals surface area contributed by atoms with Gasteiger partial charge in [-0.25, -0.2) is 9.78 Å². The van der Waals surface area contributed by atoms with Gasteiger partial charge in [-0.1, -0.05) is 12.1 Å². The highest BCUT2D eigenvalue weighted by atomic mass is 17.2. The fourth-order valence-corrected chi connectivity index (χ4v) is 4.34. The zero-order chi connectivity index (χ0) is 14.4. The smallest absolute Gasteiger partial charge is 0.0862 e. The van der Waals surface area contributed by atoms with Crippen molar-refractivity contribution >= 4 is 10.9 Å². The van der Waals surface area contributed by atoms with Crippen molar-refractivity contribution in [2.45, 2.75) is 24.8 Å². The second-order valence-electron chi connectivity index (χ2n) is 6.45. The van der Waals surface area contributed by atoms with Gasteiger partial charge in [0.15, 0.2) is 0 Å². The molecular formula is C17H22N2O2. The van der Waals surface area contributed by atoms with E-state index < -0.39 is 0 Å². The van der Waals surface area contributed by atoms with Gasteiger partial charge in [-0.2, -0.15) is 0 Å². The van der Waals surface area contributed by atoms with Crippen LogP contribution in [0.15, 0.2) is 24.4 Å². The van der Waals surface area contributed by atoms with Gasteiger partial charge < -0.3 is 9.88 Å². The van der Waals surface area contributed by atoms with Crippen LogP contribution in [0.25, 0.3) is 10.9 Å². The second kappa shape index (κ2) is 5.13. The van der Waals surface area contributed by atoms with Crippen LogP contribution in [-0.2, 0) is 16.2 Å². The third-order valence-electron chi connectivity index (χ3n) is 5.23. The summed E-state index contributed by atoms with van der Waals surface area (Å²) in [6, 6.07) is 7.28. The fraction of sp³-hybridized carbons (Fsp3) is 0.529. The molecule has 112 valence electrons. The Balaban J connectivity index is 1.71. The van der Waals surface area contributed by atoms with Gasteiger partial charge in [0, 0.05) is 35.6 Å². The summed E-state index contributed by atoms with van der Waals surface area (Å²) in [5.41, 5.74) is 4.26. The molecular weight excluding hydrogens is 264 g/mol. The van der Waals surface area contributed by atoms with Crippen LogP contribution in [0.4, 0.5) is 0 Å². The monoisotopic (exact) mass is 286 g/mol. The molecule has 2 heterocycles. The summed E-state index contributed by atoms with van der Waals surface area (Å²) >= 11 is 0. The highest BCUT2D eigenvalue weighted by Gasteiger charge is 2.39. The van der Waals surface area contributed by atoms with Crippen LogP contribution >= 0.6 is 0 Å². The molecule has 2 aromatic rings. The van der Waals surface area contributed by atoms with Crippen molar-refractivity contribution in [1.29, 1.82) is 0 Å². The van der Waals surface area contributed by atoms with E-state index in [1.807, 2.05) is 0 Å². The van der Waals surface area contributed by atoms with E-state index in [2.05, 4.69) is 41.3 Å². The Hall–Kier alpha value is -1.36. The molecule has 1 aromatic carbocycles. The van der Waals surface area contributed by atoms with Crippen molar-refractivity contribution in [3.8, 4) is 0 Å². The number of aromatic amines is 1. The number of piperidine rings is 1. The molecule has 4 heteroatoms. The molecule has 0 saturated carbocycles. The van der Waals surface area contributed by atoms with Crippen molar-refractivity contribution in [3.63, 3.8) is 0 Å². The minimum Gasteiger partial charge on any atom is -0.361 e.